The van der Waals surface area contributed by atoms with Crippen LogP contribution in [0.1, 0.15) is 39.6 Å². The first kappa shape index (κ1) is 18.5. The Morgan fingerprint density at radius 3 is 2.81 bits per heavy atom. The molecule has 3 rings (SSSR count). The Morgan fingerprint density at radius 1 is 1.27 bits per heavy atom. The third-order valence-corrected chi connectivity index (χ3v) is 4.67. The number of nitrogens with zero attached hydrogens (tertiary/aromatic N) is 2. The van der Waals surface area contributed by atoms with E-state index in [1.807, 2.05) is 4.57 Å². The van der Waals surface area contributed by atoms with Crippen molar-refractivity contribution < 1.29 is 9.59 Å². The van der Waals surface area contributed by atoms with Crippen LogP contribution in [-0.2, 0) is 13.0 Å². The Labute approximate surface area is 161 Å². The van der Waals surface area contributed by atoms with Gasteiger partial charge in [0.1, 0.15) is 0 Å². The predicted molar refractivity (Wildman–Crippen MR) is 102 cm³/mol. The van der Waals surface area contributed by atoms with Gasteiger partial charge in [-0.25, -0.2) is 4.98 Å². The van der Waals surface area contributed by atoms with E-state index in [0.717, 1.165) is 18.5 Å². The van der Waals surface area contributed by atoms with E-state index in [4.69, 9.17) is 23.2 Å². The number of anilines is 1. The first-order valence-corrected chi connectivity index (χ1v) is 9.01. The van der Waals surface area contributed by atoms with E-state index in [-0.39, 0.29) is 17.4 Å². The zero-order valence-corrected chi connectivity index (χ0v) is 15.5. The minimum Gasteiger partial charge on any atom is -0.346 e. The highest BCUT2D eigenvalue weighted by atomic mass is 35.5. The minimum absolute atomic E-state index is 0.244. The van der Waals surface area contributed by atoms with Gasteiger partial charge in [-0.3, -0.25) is 9.59 Å². The monoisotopic (exact) mass is 392 g/mol. The van der Waals surface area contributed by atoms with Gasteiger partial charge in [0.25, 0.3) is 11.8 Å². The average molecular weight is 393 g/mol. The molecule has 1 aromatic heterocycles. The molecule has 0 atom stereocenters. The van der Waals surface area contributed by atoms with Gasteiger partial charge in [-0.1, -0.05) is 29.3 Å². The van der Waals surface area contributed by atoms with Crippen molar-refractivity contribution >= 4 is 40.7 Å². The normalized spacial score (nSPS) is 13.0. The zero-order chi connectivity index (χ0) is 18.7. The molecule has 0 saturated heterocycles. The quantitative estimate of drug-likeness (QED) is 0.761. The summed E-state index contributed by atoms with van der Waals surface area (Å²) in [5.74, 6) is -0.479. The van der Waals surface area contributed by atoms with Gasteiger partial charge < -0.3 is 15.2 Å². The zero-order valence-electron chi connectivity index (χ0n) is 14.0. The second-order valence-corrected chi connectivity index (χ2v) is 6.76. The number of amides is 2. The van der Waals surface area contributed by atoms with E-state index < -0.39 is 5.91 Å². The summed E-state index contributed by atoms with van der Waals surface area (Å²) in [5.41, 5.74) is 1.46. The summed E-state index contributed by atoms with van der Waals surface area (Å²) in [7, 11) is 0. The van der Waals surface area contributed by atoms with E-state index >= 15 is 0 Å². The largest absolute Gasteiger partial charge is 0.346 e. The Kier molecular flexibility index (Phi) is 5.64. The Hall–Kier alpha value is -2.31. The standard InChI is InChI=1S/C18H18Cl2N4O2/c1-2-8-21-18(26)16-23-15(14-5-3-4-9-24(14)16)17(25)22-13-7-6-11(19)10-12(13)20/h2,6-7,10H,1,3-5,8-9H2,(H,21,26)(H,22,25). The molecular formula is C18H18Cl2N4O2. The number of hydrogen-bond donors (Lipinski definition) is 2. The van der Waals surface area contributed by atoms with Crippen molar-refractivity contribution in [2.45, 2.75) is 25.8 Å². The topological polar surface area (TPSA) is 76.0 Å². The van der Waals surface area contributed by atoms with Gasteiger partial charge in [0, 0.05) is 18.1 Å². The maximum Gasteiger partial charge on any atom is 0.287 e. The molecule has 0 fully saturated rings. The Bertz CT molecular complexity index is 876. The molecule has 136 valence electrons. The number of hydrogen-bond acceptors (Lipinski definition) is 3. The van der Waals surface area contributed by atoms with Gasteiger partial charge in [-0.05, 0) is 37.5 Å². The molecule has 0 bridgehead atoms. The van der Waals surface area contributed by atoms with Gasteiger partial charge in [0.15, 0.2) is 11.5 Å². The van der Waals surface area contributed by atoms with Crippen LogP contribution in [0.2, 0.25) is 10.0 Å². The molecule has 0 unspecified atom stereocenters. The third-order valence-electron chi connectivity index (χ3n) is 4.12. The van der Waals surface area contributed by atoms with Crippen LogP contribution in [0.4, 0.5) is 5.69 Å². The maximum atomic E-state index is 12.7. The predicted octanol–water partition coefficient (Wildman–Crippen LogP) is 3.69. The second kappa shape index (κ2) is 7.93. The van der Waals surface area contributed by atoms with Crippen LogP contribution < -0.4 is 10.6 Å². The van der Waals surface area contributed by atoms with Gasteiger partial charge in [-0.15, -0.1) is 6.58 Å². The third kappa shape index (κ3) is 3.76. The lowest BCUT2D eigenvalue weighted by Gasteiger charge is -2.17. The molecule has 2 N–H and O–H groups in total. The molecule has 1 aliphatic heterocycles. The van der Waals surface area contributed by atoms with E-state index in [0.29, 0.717) is 35.2 Å². The number of imidazole rings is 1. The van der Waals surface area contributed by atoms with E-state index in [2.05, 4.69) is 22.2 Å². The molecule has 2 amide bonds. The SMILES string of the molecule is C=CCNC(=O)c1nc(C(=O)Nc2ccc(Cl)cc2Cl)c2n1CCCC2. The Morgan fingerprint density at radius 2 is 2.08 bits per heavy atom. The first-order chi connectivity index (χ1) is 12.5. The summed E-state index contributed by atoms with van der Waals surface area (Å²) in [5, 5.41) is 6.27. The molecule has 0 aliphatic carbocycles. The van der Waals surface area contributed by atoms with E-state index in [9.17, 15) is 9.59 Å². The van der Waals surface area contributed by atoms with E-state index in [1.54, 1.807) is 24.3 Å². The van der Waals surface area contributed by atoms with Crippen LogP contribution in [0.15, 0.2) is 30.9 Å². The summed E-state index contributed by atoms with van der Waals surface area (Å²) in [6.07, 6.45) is 4.17. The fourth-order valence-electron chi connectivity index (χ4n) is 2.91. The molecule has 26 heavy (non-hydrogen) atoms. The second-order valence-electron chi connectivity index (χ2n) is 5.92. The molecule has 0 saturated carbocycles. The lowest BCUT2D eigenvalue weighted by molar-refractivity contribution is 0.0942. The smallest absolute Gasteiger partial charge is 0.287 e. The van der Waals surface area contributed by atoms with Gasteiger partial charge >= 0.3 is 0 Å². The van der Waals surface area contributed by atoms with Crippen molar-refractivity contribution in [2.24, 2.45) is 0 Å². The fourth-order valence-corrected chi connectivity index (χ4v) is 3.37. The van der Waals surface area contributed by atoms with Crippen molar-refractivity contribution in [3.8, 4) is 0 Å². The average Bonchev–Trinajstić information content (AvgIpc) is 3.02. The van der Waals surface area contributed by atoms with Crippen LogP contribution in [0.5, 0.6) is 0 Å². The summed E-state index contributed by atoms with van der Waals surface area (Å²) in [6.45, 7) is 4.58. The molecule has 2 aromatic rings. The molecule has 1 aromatic carbocycles. The molecule has 6 nitrogen and oxygen atoms in total. The summed E-state index contributed by atoms with van der Waals surface area (Å²) < 4.78 is 1.82. The highest BCUT2D eigenvalue weighted by molar-refractivity contribution is 6.36. The van der Waals surface area contributed by atoms with Crippen LogP contribution >= 0.6 is 23.2 Å². The van der Waals surface area contributed by atoms with Crippen molar-refractivity contribution in [3.63, 3.8) is 0 Å². The maximum absolute atomic E-state index is 12.7. The molecular weight excluding hydrogens is 375 g/mol. The van der Waals surface area contributed by atoms with Crippen LogP contribution in [-0.4, -0.2) is 27.9 Å². The number of aromatic nitrogens is 2. The van der Waals surface area contributed by atoms with E-state index in [1.165, 1.54) is 0 Å². The summed E-state index contributed by atoms with van der Waals surface area (Å²) >= 11 is 12.0. The number of fused-ring (bicyclic) bond motifs is 1. The van der Waals surface area contributed by atoms with Crippen LogP contribution in [0.3, 0.4) is 0 Å². The summed E-state index contributed by atoms with van der Waals surface area (Å²) in [4.78, 5) is 29.4. The molecule has 0 radical (unpaired) electrons. The first-order valence-electron chi connectivity index (χ1n) is 8.26. The molecule has 8 heteroatoms. The number of nitrogens with one attached hydrogen (secondary N) is 2. The van der Waals surface area contributed by atoms with Crippen molar-refractivity contribution in [3.05, 3.63) is 58.1 Å². The van der Waals surface area contributed by atoms with Crippen molar-refractivity contribution in [2.75, 3.05) is 11.9 Å². The summed E-state index contributed by atoms with van der Waals surface area (Å²) in [6, 6.07) is 4.82. The lowest BCUT2D eigenvalue weighted by atomic mass is 10.1. The highest BCUT2D eigenvalue weighted by Gasteiger charge is 2.27. The number of carbonyl (C=O) groups is 2. The lowest BCUT2D eigenvalue weighted by Crippen LogP contribution is -2.28. The van der Waals surface area contributed by atoms with Crippen LogP contribution in [0, 0.1) is 0 Å². The number of halogens is 2. The van der Waals surface area contributed by atoms with Crippen molar-refractivity contribution in [1.82, 2.24) is 14.9 Å². The minimum atomic E-state index is -0.400. The number of carbonyl (C=O) groups excluding carboxylic acids is 2. The Balaban J connectivity index is 1.91. The molecule has 2 heterocycles. The highest BCUT2D eigenvalue weighted by Crippen LogP contribution is 2.27. The molecule has 0 spiro atoms. The van der Waals surface area contributed by atoms with Crippen LogP contribution in [0.25, 0.3) is 0 Å². The van der Waals surface area contributed by atoms with Gasteiger partial charge in [-0.2, -0.15) is 0 Å². The number of benzene rings is 1. The number of rotatable bonds is 5. The van der Waals surface area contributed by atoms with Gasteiger partial charge in [0.2, 0.25) is 0 Å². The van der Waals surface area contributed by atoms with Crippen molar-refractivity contribution in [1.29, 1.82) is 0 Å². The van der Waals surface area contributed by atoms with Gasteiger partial charge in [0.05, 0.1) is 16.4 Å². The fraction of sp³-hybridized carbons (Fsp3) is 0.278. The molecule has 1 aliphatic rings.